The van der Waals surface area contributed by atoms with Crippen LogP contribution in [0.4, 0.5) is 0 Å². The minimum absolute atomic E-state index is 0.582. The van der Waals surface area contributed by atoms with E-state index in [0.717, 1.165) is 142 Å². The van der Waals surface area contributed by atoms with Gasteiger partial charge in [-0.25, -0.2) is 19.9 Å². The third-order valence-corrected chi connectivity index (χ3v) is 20.3. The molecule has 0 radical (unpaired) electrons. The number of benzene rings is 14. The fraction of sp³-hybridized carbons (Fsp3) is 0. The zero-order valence-electron chi connectivity index (χ0n) is 49.9. The highest BCUT2D eigenvalue weighted by molar-refractivity contribution is 7.26. The van der Waals surface area contributed by atoms with E-state index in [1.165, 1.54) is 42.4 Å². The van der Waals surface area contributed by atoms with Gasteiger partial charge in [0.15, 0.2) is 5.58 Å². The molecule has 0 amide bonds. The monoisotopic (exact) mass is 1220 g/mol. The number of aromatic nitrogens is 6. The maximum Gasteiger partial charge on any atom is 0.236 e. The lowest BCUT2D eigenvalue weighted by atomic mass is 10.0. The highest BCUT2D eigenvalue weighted by atomic mass is 32.1. The molecule has 0 bridgehead atoms. The molecule has 8 aromatic heterocycles. The summed E-state index contributed by atoms with van der Waals surface area (Å²) in [6.45, 7) is 0. The van der Waals surface area contributed by atoms with Crippen LogP contribution < -0.4 is 0 Å². The number of para-hydroxylation sites is 5. The van der Waals surface area contributed by atoms with Crippen molar-refractivity contribution in [2.24, 2.45) is 0 Å². The lowest BCUT2D eigenvalue weighted by Gasteiger charge is -2.11. The fourth-order valence-corrected chi connectivity index (χ4v) is 16.1. The summed E-state index contributed by atoms with van der Waals surface area (Å²) in [6.07, 6.45) is 0. The Bertz CT molecular complexity index is 7000. The molecule has 94 heavy (non-hydrogen) atoms. The third kappa shape index (κ3) is 7.39. The zero-order valence-corrected chi connectivity index (χ0v) is 50.7. The summed E-state index contributed by atoms with van der Waals surface area (Å²) in [4.78, 5) is 21.6. The largest absolute Gasteiger partial charge is 0.455 e. The zero-order chi connectivity index (χ0) is 61.3. The smallest absolute Gasteiger partial charge is 0.236 e. The van der Waals surface area contributed by atoms with Crippen molar-refractivity contribution in [3.63, 3.8) is 0 Å². The SMILES string of the molecule is c1ccc2cc3c(cc2c1)c1c2ccccc2ccc1n3-c1nc(-c2cccc3c2oc2ccccc23)c2sc3ccccc3c2n1.c1ccc2cc3c(cc2c1)c1ccc2ccccc2c1n3-c1nc(-c2cccc3c2oc2ccccc23)c2oc3ccccc3c2n1. The first-order chi connectivity index (χ1) is 46.6. The van der Waals surface area contributed by atoms with Crippen LogP contribution in [-0.4, -0.2) is 29.1 Å². The predicted octanol–water partition coefficient (Wildman–Crippen LogP) is 23.2. The average Bonchev–Trinajstić information content (AvgIpc) is 1.56. The van der Waals surface area contributed by atoms with Crippen LogP contribution in [0, 0.1) is 0 Å². The molecule has 9 nitrogen and oxygen atoms in total. The van der Waals surface area contributed by atoms with Crippen molar-refractivity contribution in [3.8, 4) is 34.4 Å². The van der Waals surface area contributed by atoms with Gasteiger partial charge >= 0.3 is 0 Å². The maximum atomic E-state index is 6.57. The van der Waals surface area contributed by atoms with Gasteiger partial charge < -0.3 is 13.3 Å². The quantitative estimate of drug-likeness (QED) is 0.173. The minimum Gasteiger partial charge on any atom is -0.455 e. The molecule has 0 aliphatic rings. The van der Waals surface area contributed by atoms with E-state index < -0.39 is 0 Å². The molecular weight excluding hydrogens is 1170 g/mol. The summed E-state index contributed by atoms with van der Waals surface area (Å²) in [5.74, 6) is 1.23. The second-order valence-electron chi connectivity index (χ2n) is 24.3. The van der Waals surface area contributed by atoms with Crippen molar-refractivity contribution in [3.05, 3.63) is 279 Å². The average molecular weight is 1220 g/mol. The predicted molar refractivity (Wildman–Crippen MR) is 388 cm³/mol. The molecule has 436 valence electrons. The fourth-order valence-electron chi connectivity index (χ4n) is 14.9. The summed E-state index contributed by atoms with van der Waals surface area (Å²) in [6, 6.07) is 97.9. The van der Waals surface area contributed by atoms with Gasteiger partial charge in [0, 0.05) is 75.1 Å². The standard InChI is InChI=1S/C42H23N3O2.C42H23N3OS/c1-2-12-26-23-34-33(22-25(26)11-1)29-21-20-24-10-3-4-13-27(24)39(29)45(34)42-43-37-31-15-6-8-19-36(31)47-41(37)38(44-42)32-17-9-16-30-28-14-5-7-18-35(28)46-40(30)32;1-2-12-26-23-34-32(22-25(26)11-1)37-27-13-4-3-10-24(27)20-21-33(37)45(34)42-43-38-30-15-6-8-19-36(30)47-41(38)39(44-42)31-17-9-16-29-28-14-5-7-18-35(28)46-40(29)31/h2*1-23H. The van der Waals surface area contributed by atoms with Crippen LogP contribution in [0.15, 0.2) is 292 Å². The Morgan fingerprint density at radius 1 is 0.277 bits per heavy atom. The molecule has 0 saturated carbocycles. The molecule has 10 heteroatoms. The van der Waals surface area contributed by atoms with Crippen LogP contribution in [0.1, 0.15) is 0 Å². The summed E-state index contributed by atoms with van der Waals surface area (Å²) < 4.78 is 26.4. The molecule has 0 atom stereocenters. The Balaban J connectivity index is 0.000000126. The summed E-state index contributed by atoms with van der Waals surface area (Å²) >= 11 is 1.74. The lowest BCUT2D eigenvalue weighted by molar-refractivity contribution is 0.662. The van der Waals surface area contributed by atoms with Gasteiger partial charge in [-0.05, 0) is 110 Å². The van der Waals surface area contributed by atoms with Crippen molar-refractivity contribution in [1.29, 1.82) is 0 Å². The van der Waals surface area contributed by atoms with Crippen LogP contribution in [-0.2, 0) is 0 Å². The Labute approximate surface area is 536 Å². The van der Waals surface area contributed by atoms with E-state index in [0.29, 0.717) is 23.2 Å². The van der Waals surface area contributed by atoms with Crippen molar-refractivity contribution in [2.45, 2.75) is 0 Å². The number of furan rings is 3. The van der Waals surface area contributed by atoms with Crippen LogP contribution in [0.25, 0.3) is 207 Å². The van der Waals surface area contributed by atoms with Gasteiger partial charge in [-0.15, -0.1) is 11.3 Å². The Morgan fingerprint density at radius 3 is 1.43 bits per heavy atom. The Hall–Kier alpha value is -12.5. The second kappa shape index (κ2) is 19.5. The maximum absolute atomic E-state index is 6.57. The summed E-state index contributed by atoms with van der Waals surface area (Å²) in [7, 11) is 0. The molecule has 0 aliphatic carbocycles. The first-order valence-corrected chi connectivity index (χ1v) is 32.3. The Kier molecular flexibility index (Phi) is 10.6. The normalized spacial score (nSPS) is 12.3. The second-order valence-corrected chi connectivity index (χ2v) is 25.4. The topological polar surface area (TPSA) is 101 Å². The number of fused-ring (bicyclic) bond motifs is 24. The first kappa shape index (κ1) is 51.3. The molecular formula is C84H46N6O3S. The molecule has 0 N–H and O–H groups in total. The minimum atomic E-state index is 0.582. The van der Waals surface area contributed by atoms with E-state index >= 15 is 0 Å². The molecule has 0 fully saturated rings. The van der Waals surface area contributed by atoms with Gasteiger partial charge in [0.2, 0.25) is 11.9 Å². The molecule has 8 heterocycles. The van der Waals surface area contributed by atoms with E-state index in [4.69, 9.17) is 33.2 Å². The van der Waals surface area contributed by atoms with Crippen molar-refractivity contribution < 1.29 is 13.3 Å². The van der Waals surface area contributed by atoms with E-state index in [-0.39, 0.29) is 0 Å². The van der Waals surface area contributed by atoms with Crippen LogP contribution in [0.3, 0.4) is 0 Å². The molecule has 22 rings (SSSR count). The lowest BCUT2D eigenvalue weighted by Crippen LogP contribution is -2.03. The molecule has 22 aromatic rings. The van der Waals surface area contributed by atoms with E-state index in [9.17, 15) is 0 Å². The molecule has 0 spiro atoms. The molecule has 0 unspecified atom stereocenters. The van der Waals surface area contributed by atoms with Crippen LogP contribution in [0.5, 0.6) is 0 Å². The summed E-state index contributed by atoms with van der Waals surface area (Å²) in [5.41, 5.74) is 14.2. The van der Waals surface area contributed by atoms with Gasteiger partial charge in [0.05, 0.1) is 38.0 Å². The van der Waals surface area contributed by atoms with E-state index in [1.54, 1.807) is 11.3 Å². The highest BCUT2D eigenvalue weighted by Crippen LogP contribution is 2.47. The summed E-state index contributed by atoms with van der Waals surface area (Å²) in [5, 5.41) is 20.6. The third-order valence-electron chi connectivity index (χ3n) is 19.2. The van der Waals surface area contributed by atoms with Crippen molar-refractivity contribution >= 4 is 184 Å². The number of nitrogens with zero attached hydrogens (tertiary/aromatic N) is 6. The van der Waals surface area contributed by atoms with Crippen molar-refractivity contribution in [1.82, 2.24) is 29.1 Å². The number of rotatable bonds is 4. The van der Waals surface area contributed by atoms with Gasteiger partial charge in [0.25, 0.3) is 0 Å². The highest BCUT2D eigenvalue weighted by Gasteiger charge is 2.27. The van der Waals surface area contributed by atoms with E-state index in [1.807, 2.05) is 48.5 Å². The molecule has 14 aromatic carbocycles. The first-order valence-electron chi connectivity index (χ1n) is 31.5. The van der Waals surface area contributed by atoms with Crippen LogP contribution >= 0.6 is 11.3 Å². The van der Waals surface area contributed by atoms with Crippen LogP contribution in [0.2, 0.25) is 0 Å². The number of thiophene rings is 1. The number of hydrogen-bond acceptors (Lipinski definition) is 8. The molecule has 0 saturated heterocycles. The van der Waals surface area contributed by atoms with Crippen molar-refractivity contribution in [2.75, 3.05) is 0 Å². The van der Waals surface area contributed by atoms with Gasteiger partial charge in [-0.3, -0.25) is 9.13 Å². The molecule has 0 aliphatic heterocycles. The number of hydrogen-bond donors (Lipinski definition) is 0. The van der Waals surface area contributed by atoms with Gasteiger partial charge in [-0.2, -0.15) is 0 Å². The Morgan fingerprint density at radius 2 is 0.745 bits per heavy atom. The van der Waals surface area contributed by atoms with E-state index in [2.05, 4.69) is 240 Å². The van der Waals surface area contributed by atoms with Gasteiger partial charge in [0.1, 0.15) is 39.1 Å². The van der Waals surface area contributed by atoms with Gasteiger partial charge in [-0.1, -0.05) is 206 Å².